The third kappa shape index (κ3) is 2.79. The van der Waals surface area contributed by atoms with Gasteiger partial charge < -0.3 is 5.73 Å². The van der Waals surface area contributed by atoms with Gasteiger partial charge >= 0.3 is 0 Å². The topological polar surface area (TPSA) is 42.2 Å². The van der Waals surface area contributed by atoms with Crippen LogP contribution in [0, 0.1) is 0 Å². The Morgan fingerprint density at radius 1 is 1.36 bits per heavy atom. The van der Waals surface area contributed by atoms with Gasteiger partial charge in [0.15, 0.2) is 0 Å². The molecule has 0 radical (unpaired) electrons. The second kappa shape index (κ2) is 5.73. The van der Waals surface area contributed by atoms with Gasteiger partial charge in [0.05, 0.1) is 5.69 Å². The standard InChI is InChI=1S/C11H19N3/c1-3-14(4-2)9-10-6-5-7-13-11(10)8-12/h5-7H,3-4,8-9,12H2,1-2H3. The van der Waals surface area contributed by atoms with Gasteiger partial charge in [0, 0.05) is 19.3 Å². The molecule has 2 N–H and O–H groups in total. The molecule has 0 amide bonds. The fraction of sp³-hybridized carbons (Fsp3) is 0.545. The van der Waals surface area contributed by atoms with Crippen LogP contribution in [0.1, 0.15) is 25.1 Å². The monoisotopic (exact) mass is 193 g/mol. The summed E-state index contributed by atoms with van der Waals surface area (Å²) in [5.41, 5.74) is 7.89. The number of hydrogen-bond acceptors (Lipinski definition) is 3. The summed E-state index contributed by atoms with van der Waals surface area (Å²) in [6.07, 6.45) is 1.80. The maximum absolute atomic E-state index is 5.63. The van der Waals surface area contributed by atoms with Crippen molar-refractivity contribution in [2.24, 2.45) is 5.73 Å². The van der Waals surface area contributed by atoms with E-state index in [1.165, 1.54) is 5.56 Å². The molecule has 14 heavy (non-hydrogen) atoms. The molecule has 78 valence electrons. The van der Waals surface area contributed by atoms with Gasteiger partial charge in [0.2, 0.25) is 0 Å². The lowest BCUT2D eigenvalue weighted by atomic mass is 10.2. The Balaban J connectivity index is 2.74. The van der Waals surface area contributed by atoms with Crippen molar-refractivity contribution in [3.05, 3.63) is 29.6 Å². The number of nitrogens with two attached hydrogens (primary N) is 1. The second-order valence-corrected chi connectivity index (χ2v) is 3.27. The van der Waals surface area contributed by atoms with E-state index in [0.29, 0.717) is 6.54 Å². The molecule has 0 unspecified atom stereocenters. The molecular formula is C11H19N3. The minimum Gasteiger partial charge on any atom is -0.325 e. The van der Waals surface area contributed by atoms with Gasteiger partial charge in [0.1, 0.15) is 0 Å². The van der Waals surface area contributed by atoms with Crippen LogP contribution < -0.4 is 5.73 Å². The highest BCUT2D eigenvalue weighted by molar-refractivity contribution is 5.19. The van der Waals surface area contributed by atoms with E-state index >= 15 is 0 Å². The summed E-state index contributed by atoms with van der Waals surface area (Å²) in [5.74, 6) is 0. The molecule has 1 aromatic heterocycles. The van der Waals surface area contributed by atoms with E-state index < -0.39 is 0 Å². The van der Waals surface area contributed by atoms with Gasteiger partial charge in [-0.05, 0) is 24.7 Å². The predicted molar refractivity (Wildman–Crippen MR) is 58.8 cm³/mol. The molecule has 0 saturated heterocycles. The minimum atomic E-state index is 0.525. The summed E-state index contributed by atoms with van der Waals surface area (Å²) >= 11 is 0. The van der Waals surface area contributed by atoms with Gasteiger partial charge in [-0.2, -0.15) is 0 Å². The van der Waals surface area contributed by atoms with Crippen LogP contribution in [0.2, 0.25) is 0 Å². The third-order valence-electron chi connectivity index (χ3n) is 2.47. The maximum Gasteiger partial charge on any atom is 0.0584 e. The lowest BCUT2D eigenvalue weighted by Gasteiger charge is -2.19. The summed E-state index contributed by atoms with van der Waals surface area (Å²) in [6.45, 7) is 7.94. The fourth-order valence-corrected chi connectivity index (χ4v) is 1.49. The Morgan fingerprint density at radius 2 is 2.07 bits per heavy atom. The molecule has 0 saturated carbocycles. The van der Waals surface area contributed by atoms with Crippen LogP contribution >= 0.6 is 0 Å². The first kappa shape index (κ1) is 11.1. The highest BCUT2D eigenvalue weighted by atomic mass is 15.1. The van der Waals surface area contributed by atoms with Crippen LogP contribution in [-0.2, 0) is 13.1 Å². The van der Waals surface area contributed by atoms with Gasteiger partial charge in [-0.1, -0.05) is 19.9 Å². The molecule has 3 heteroatoms. The van der Waals surface area contributed by atoms with Crippen LogP contribution in [-0.4, -0.2) is 23.0 Å². The number of hydrogen-bond donors (Lipinski definition) is 1. The fourth-order valence-electron chi connectivity index (χ4n) is 1.49. The minimum absolute atomic E-state index is 0.525. The molecule has 3 nitrogen and oxygen atoms in total. The Hall–Kier alpha value is -0.930. The van der Waals surface area contributed by atoms with Gasteiger partial charge in [-0.15, -0.1) is 0 Å². The van der Waals surface area contributed by atoms with Crippen molar-refractivity contribution in [3.8, 4) is 0 Å². The summed E-state index contributed by atoms with van der Waals surface area (Å²) in [7, 11) is 0. The normalized spacial score (nSPS) is 10.9. The second-order valence-electron chi connectivity index (χ2n) is 3.27. The Labute approximate surface area is 85.9 Å². The van der Waals surface area contributed by atoms with Crippen molar-refractivity contribution in [1.29, 1.82) is 0 Å². The largest absolute Gasteiger partial charge is 0.325 e. The van der Waals surface area contributed by atoms with E-state index in [2.05, 4.69) is 29.8 Å². The molecule has 0 fully saturated rings. The molecule has 0 aromatic carbocycles. The van der Waals surface area contributed by atoms with Crippen molar-refractivity contribution in [2.45, 2.75) is 26.9 Å². The quantitative estimate of drug-likeness (QED) is 0.768. The Morgan fingerprint density at radius 3 is 2.64 bits per heavy atom. The molecule has 0 aliphatic carbocycles. The maximum atomic E-state index is 5.63. The lowest BCUT2D eigenvalue weighted by molar-refractivity contribution is 0.294. The number of nitrogens with zero attached hydrogens (tertiary/aromatic N) is 2. The van der Waals surface area contributed by atoms with Crippen molar-refractivity contribution in [3.63, 3.8) is 0 Å². The molecule has 0 aliphatic heterocycles. The van der Waals surface area contributed by atoms with Crippen LogP contribution in [0.25, 0.3) is 0 Å². The van der Waals surface area contributed by atoms with Crippen molar-refractivity contribution < 1.29 is 0 Å². The van der Waals surface area contributed by atoms with Crippen molar-refractivity contribution in [2.75, 3.05) is 13.1 Å². The van der Waals surface area contributed by atoms with Crippen molar-refractivity contribution in [1.82, 2.24) is 9.88 Å². The van der Waals surface area contributed by atoms with E-state index in [9.17, 15) is 0 Å². The average Bonchev–Trinajstić information content (AvgIpc) is 2.26. The van der Waals surface area contributed by atoms with Gasteiger partial charge in [-0.3, -0.25) is 9.88 Å². The summed E-state index contributed by atoms with van der Waals surface area (Å²) in [6, 6.07) is 4.07. The first-order valence-electron chi connectivity index (χ1n) is 5.17. The molecule has 1 heterocycles. The zero-order chi connectivity index (χ0) is 10.4. The van der Waals surface area contributed by atoms with Crippen LogP contribution in [0.4, 0.5) is 0 Å². The average molecular weight is 193 g/mol. The molecule has 0 bridgehead atoms. The molecule has 0 aliphatic rings. The van der Waals surface area contributed by atoms with E-state index in [1.54, 1.807) is 6.20 Å². The van der Waals surface area contributed by atoms with E-state index in [1.807, 2.05) is 6.07 Å². The van der Waals surface area contributed by atoms with E-state index in [4.69, 9.17) is 5.73 Å². The Kier molecular flexibility index (Phi) is 4.56. The zero-order valence-corrected chi connectivity index (χ0v) is 9.03. The molecular weight excluding hydrogens is 174 g/mol. The van der Waals surface area contributed by atoms with E-state index in [0.717, 1.165) is 25.3 Å². The molecule has 0 atom stereocenters. The Bertz CT molecular complexity index is 269. The number of rotatable bonds is 5. The molecule has 1 rings (SSSR count). The van der Waals surface area contributed by atoms with Crippen LogP contribution in [0.15, 0.2) is 18.3 Å². The summed E-state index contributed by atoms with van der Waals surface area (Å²) in [4.78, 5) is 6.62. The lowest BCUT2D eigenvalue weighted by Crippen LogP contribution is -2.23. The zero-order valence-electron chi connectivity index (χ0n) is 9.03. The highest BCUT2D eigenvalue weighted by Crippen LogP contribution is 2.08. The van der Waals surface area contributed by atoms with Gasteiger partial charge in [0.25, 0.3) is 0 Å². The predicted octanol–water partition coefficient (Wildman–Crippen LogP) is 1.38. The molecule has 1 aromatic rings. The first-order valence-corrected chi connectivity index (χ1v) is 5.17. The summed E-state index contributed by atoms with van der Waals surface area (Å²) in [5, 5.41) is 0. The molecule has 0 spiro atoms. The highest BCUT2D eigenvalue weighted by Gasteiger charge is 2.05. The number of aromatic nitrogens is 1. The van der Waals surface area contributed by atoms with Crippen molar-refractivity contribution >= 4 is 0 Å². The van der Waals surface area contributed by atoms with Gasteiger partial charge in [-0.25, -0.2) is 0 Å². The number of pyridine rings is 1. The third-order valence-corrected chi connectivity index (χ3v) is 2.47. The van der Waals surface area contributed by atoms with E-state index in [-0.39, 0.29) is 0 Å². The van der Waals surface area contributed by atoms with Crippen LogP contribution in [0.5, 0.6) is 0 Å². The SMILES string of the molecule is CCN(CC)Cc1cccnc1CN. The smallest absolute Gasteiger partial charge is 0.0584 e. The first-order chi connectivity index (χ1) is 6.81. The summed E-state index contributed by atoms with van der Waals surface area (Å²) < 4.78 is 0. The van der Waals surface area contributed by atoms with Crippen LogP contribution in [0.3, 0.4) is 0 Å².